The van der Waals surface area contributed by atoms with E-state index in [-0.39, 0.29) is 5.41 Å². The fourth-order valence-corrected chi connectivity index (χ4v) is 8.14. The molecule has 1 nitrogen and oxygen atoms in total. The van der Waals surface area contributed by atoms with Crippen LogP contribution < -0.4 is 0 Å². The van der Waals surface area contributed by atoms with Gasteiger partial charge in [0.1, 0.15) is 11.2 Å². The van der Waals surface area contributed by atoms with Crippen molar-refractivity contribution in [2.24, 2.45) is 0 Å². The molecule has 0 amide bonds. The predicted octanol–water partition coefficient (Wildman–Crippen LogP) is 12.7. The summed E-state index contributed by atoms with van der Waals surface area (Å²) < 4.78 is 6.45. The number of rotatable bonds is 2. The quantitative estimate of drug-likeness (QED) is 0.196. The zero-order chi connectivity index (χ0) is 30.6. The van der Waals surface area contributed by atoms with Crippen LogP contribution in [0, 0.1) is 0 Å². The van der Waals surface area contributed by atoms with E-state index in [4.69, 9.17) is 4.42 Å². The molecule has 10 rings (SSSR count). The van der Waals surface area contributed by atoms with Gasteiger partial charge in [-0.1, -0.05) is 123 Å². The third-order valence-corrected chi connectivity index (χ3v) is 10.4. The molecule has 0 spiro atoms. The van der Waals surface area contributed by atoms with Gasteiger partial charge in [-0.3, -0.25) is 0 Å². The molecule has 1 aliphatic rings. The standard InChI is InChI=1S/C45H30O/c1-45(2)38-16-8-7-14-36(38)44-39(45)25-33-23-31(20-21-35(33)42(44)32-19-18-27-10-3-4-11-28(27)22-32)34-15-9-17-40-43(34)37-24-29-12-5-6-13-30(29)26-41(37)46-40/h3-26H,1-2H3. The first kappa shape index (κ1) is 25.6. The minimum Gasteiger partial charge on any atom is -0.456 e. The van der Waals surface area contributed by atoms with Crippen LogP contribution in [0.4, 0.5) is 0 Å². The van der Waals surface area contributed by atoms with Crippen LogP contribution in [0.2, 0.25) is 0 Å². The predicted molar refractivity (Wildman–Crippen MR) is 195 cm³/mol. The summed E-state index contributed by atoms with van der Waals surface area (Å²) in [4.78, 5) is 0. The number of hydrogen-bond donors (Lipinski definition) is 0. The van der Waals surface area contributed by atoms with Crippen LogP contribution >= 0.6 is 0 Å². The molecule has 0 radical (unpaired) electrons. The highest BCUT2D eigenvalue weighted by molar-refractivity contribution is 6.17. The van der Waals surface area contributed by atoms with E-state index in [9.17, 15) is 0 Å². The molecule has 0 bridgehead atoms. The summed E-state index contributed by atoms with van der Waals surface area (Å²) in [5, 5.41) is 9.82. The van der Waals surface area contributed by atoms with E-state index in [1.54, 1.807) is 0 Å². The van der Waals surface area contributed by atoms with Crippen molar-refractivity contribution >= 4 is 54.3 Å². The Hall–Kier alpha value is -5.66. The maximum absolute atomic E-state index is 6.45. The van der Waals surface area contributed by atoms with Crippen LogP contribution in [0.25, 0.3) is 87.6 Å². The molecule has 0 fully saturated rings. The third-order valence-electron chi connectivity index (χ3n) is 10.4. The van der Waals surface area contributed by atoms with E-state index in [1.165, 1.54) is 82.2 Å². The van der Waals surface area contributed by atoms with Gasteiger partial charge < -0.3 is 4.42 Å². The lowest BCUT2D eigenvalue weighted by Gasteiger charge is -2.23. The second kappa shape index (κ2) is 9.19. The summed E-state index contributed by atoms with van der Waals surface area (Å²) in [6.45, 7) is 4.75. The lowest BCUT2D eigenvalue weighted by Crippen LogP contribution is -2.15. The van der Waals surface area contributed by atoms with E-state index in [0.717, 1.165) is 16.6 Å². The molecule has 1 aromatic heterocycles. The number of furan rings is 1. The van der Waals surface area contributed by atoms with E-state index < -0.39 is 0 Å². The second-order valence-electron chi connectivity index (χ2n) is 13.3. The molecule has 0 saturated heterocycles. The topological polar surface area (TPSA) is 13.1 Å². The second-order valence-corrected chi connectivity index (χ2v) is 13.3. The Kier molecular flexibility index (Phi) is 5.12. The van der Waals surface area contributed by atoms with Gasteiger partial charge in [0, 0.05) is 16.2 Å². The molecule has 0 unspecified atom stereocenters. The minimum atomic E-state index is -0.108. The van der Waals surface area contributed by atoms with Gasteiger partial charge in [-0.2, -0.15) is 0 Å². The molecule has 46 heavy (non-hydrogen) atoms. The van der Waals surface area contributed by atoms with Crippen LogP contribution in [-0.2, 0) is 5.41 Å². The Bertz CT molecular complexity index is 2720. The van der Waals surface area contributed by atoms with Gasteiger partial charge in [0.2, 0.25) is 0 Å². The molecular formula is C45H30O. The Morgan fingerprint density at radius 3 is 1.93 bits per heavy atom. The normalized spacial score (nSPS) is 13.6. The summed E-state index contributed by atoms with van der Waals surface area (Å²) in [5.74, 6) is 0. The zero-order valence-corrected chi connectivity index (χ0v) is 25.8. The molecule has 216 valence electrons. The largest absolute Gasteiger partial charge is 0.456 e. The highest BCUT2D eigenvalue weighted by atomic mass is 16.3. The van der Waals surface area contributed by atoms with Crippen LogP contribution in [0.1, 0.15) is 25.0 Å². The van der Waals surface area contributed by atoms with E-state index in [1.807, 2.05) is 0 Å². The van der Waals surface area contributed by atoms with Gasteiger partial charge in [0.05, 0.1) is 0 Å². The van der Waals surface area contributed by atoms with Crippen LogP contribution in [0.15, 0.2) is 150 Å². The summed E-state index contributed by atoms with van der Waals surface area (Å²) in [5.41, 5.74) is 12.2. The summed E-state index contributed by atoms with van der Waals surface area (Å²) >= 11 is 0. The van der Waals surface area contributed by atoms with Crippen LogP contribution in [0.5, 0.6) is 0 Å². The van der Waals surface area contributed by atoms with Crippen molar-refractivity contribution in [3.8, 4) is 33.4 Å². The van der Waals surface area contributed by atoms with Crippen molar-refractivity contribution < 1.29 is 4.42 Å². The molecule has 1 heterocycles. The lowest BCUT2D eigenvalue weighted by molar-refractivity contribution is 0.661. The fourth-order valence-electron chi connectivity index (χ4n) is 8.14. The van der Waals surface area contributed by atoms with Crippen LogP contribution in [-0.4, -0.2) is 0 Å². The van der Waals surface area contributed by atoms with Crippen molar-refractivity contribution in [3.05, 3.63) is 157 Å². The maximum Gasteiger partial charge on any atom is 0.136 e. The first-order chi connectivity index (χ1) is 22.5. The highest BCUT2D eigenvalue weighted by Gasteiger charge is 2.37. The van der Waals surface area contributed by atoms with Gasteiger partial charge in [-0.05, 0) is 113 Å². The minimum absolute atomic E-state index is 0.108. The summed E-state index contributed by atoms with van der Waals surface area (Å²) in [6, 6.07) is 53.5. The highest BCUT2D eigenvalue weighted by Crippen LogP contribution is 2.54. The first-order valence-electron chi connectivity index (χ1n) is 16.1. The Labute approximate surface area is 267 Å². The van der Waals surface area contributed by atoms with Crippen molar-refractivity contribution in [1.82, 2.24) is 0 Å². The molecular weight excluding hydrogens is 556 g/mol. The SMILES string of the molecule is CC1(C)c2ccccc2-c2c1cc1cc(-c3cccc4oc5cc6ccccc6cc5c34)ccc1c2-c1ccc2ccccc2c1. The monoisotopic (exact) mass is 586 g/mol. The smallest absolute Gasteiger partial charge is 0.136 e. The van der Waals surface area contributed by atoms with Crippen molar-refractivity contribution in [1.29, 1.82) is 0 Å². The molecule has 0 N–H and O–H groups in total. The maximum atomic E-state index is 6.45. The van der Waals surface area contributed by atoms with Crippen molar-refractivity contribution in [3.63, 3.8) is 0 Å². The molecule has 1 aliphatic carbocycles. The molecule has 0 atom stereocenters. The van der Waals surface area contributed by atoms with Gasteiger partial charge in [0.25, 0.3) is 0 Å². The first-order valence-corrected chi connectivity index (χ1v) is 16.1. The average Bonchev–Trinajstić information content (AvgIpc) is 3.57. The Balaban J connectivity index is 1.27. The van der Waals surface area contributed by atoms with Crippen LogP contribution in [0.3, 0.4) is 0 Å². The summed E-state index contributed by atoms with van der Waals surface area (Å²) in [7, 11) is 0. The molecule has 8 aromatic carbocycles. The number of benzene rings is 8. The van der Waals surface area contributed by atoms with Gasteiger partial charge >= 0.3 is 0 Å². The fraction of sp³-hybridized carbons (Fsp3) is 0.0667. The Morgan fingerprint density at radius 1 is 0.413 bits per heavy atom. The molecule has 1 heteroatoms. The van der Waals surface area contributed by atoms with Crippen molar-refractivity contribution in [2.75, 3.05) is 0 Å². The average molecular weight is 587 g/mol. The van der Waals surface area contributed by atoms with E-state index in [0.29, 0.717) is 0 Å². The van der Waals surface area contributed by atoms with E-state index >= 15 is 0 Å². The molecule has 0 aliphatic heterocycles. The van der Waals surface area contributed by atoms with Gasteiger partial charge in [-0.15, -0.1) is 0 Å². The Morgan fingerprint density at radius 2 is 1.09 bits per heavy atom. The summed E-state index contributed by atoms with van der Waals surface area (Å²) in [6.07, 6.45) is 0. The number of fused-ring (bicyclic) bond motifs is 9. The zero-order valence-electron chi connectivity index (χ0n) is 25.8. The number of hydrogen-bond acceptors (Lipinski definition) is 1. The lowest BCUT2D eigenvalue weighted by atomic mass is 9.80. The molecule has 0 saturated carbocycles. The molecule has 9 aromatic rings. The van der Waals surface area contributed by atoms with E-state index in [2.05, 4.69) is 159 Å². The van der Waals surface area contributed by atoms with Gasteiger partial charge in [-0.25, -0.2) is 0 Å². The third kappa shape index (κ3) is 3.51. The van der Waals surface area contributed by atoms with Gasteiger partial charge in [0.15, 0.2) is 0 Å². The van der Waals surface area contributed by atoms with Crippen molar-refractivity contribution in [2.45, 2.75) is 19.3 Å².